The van der Waals surface area contributed by atoms with Gasteiger partial charge in [-0.15, -0.1) is 0 Å². The Bertz CT molecular complexity index is 968. The standard InChI is InChI=1S/C20H16Cl2N2O2/c1-12-15(21)7-4-8-16(12)24-19(25)17(22)18(20(24)26)23-10-9-13-5-2-3-6-14(13)11-23/h2-8H,9-11H2,1H3. The van der Waals surface area contributed by atoms with E-state index in [9.17, 15) is 9.59 Å². The summed E-state index contributed by atoms with van der Waals surface area (Å²) >= 11 is 12.5. The molecule has 0 saturated carbocycles. The lowest BCUT2D eigenvalue weighted by Crippen LogP contribution is -2.37. The summed E-state index contributed by atoms with van der Waals surface area (Å²) < 4.78 is 0. The fourth-order valence-corrected chi connectivity index (χ4v) is 3.96. The second kappa shape index (κ2) is 6.45. The highest BCUT2D eigenvalue weighted by atomic mass is 35.5. The van der Waals surface area contributed by atoms with Gasteiger partial charge in [-0.1, -0.05) is 53.5 Å². The number of carbonyl (C=O) groups is 2. The Labute approximate surface area is 161 Å². The van der Waals surface area contributed by atoms with E-state index in [2.05, 4.69) is 6.07 Å². The first-order chi connectivity index (χ1) is 12.5. The largest absolute Gasteiger partial charge is 0.361 e. The zero-order valence-electron chi connectivity index (χ0n) is 14.1. The second-order valence-corrected chi connectivity index (χ2v) is 7.22. The molecule has 0 fully saturated rings. The summed E-state index contributed by atoms with van der Waals surface area (Å²) in [6.45, 7) is 2.98. The summed E-state index contributed by atoms with van der Waals surface area (Å²) in [6.07, 6.45) is 0.807. The predicted octanol–water partition coefficient (Wildman–Crippen LogP) is 4.03. The summed E-state index contributed by atoms with van der Waals surface area (Å²) in [5, 5.41) is 0.466. The number of hydrogen-bond acceptors (Lipinski definition) is 3. The monoisotopic (exact) mass is 386 g/mol. The summed E-state index contributed by atoms with van der Waals surface area (Å²) in [5.74, 6) is -0.902. The van der Waals surface area contributed by atoms with E-state index in [0.29, 0.717) is 29.4 Å². The number of carbonyl (C=O) groups excluding carboxylic acids is 2. The fraction of sp³-hybridized carbons (Fsp3) is 0.200. The molecule has 4 rings (SSSR count). The van der Waals surface area contributed by atoms with E-state index in [1.165, 1.54) is 5.56 Å². The first-order valence-electron chi connectivity index (χ1n) is 8.34. The molecule has 0 spiro atoms. The van der Waals surface area contributed by atoms with Crippen molar-refractivity contribution in [3.8, 4) is 0 Å². The molecule has 2 amide bonds. The fourth-order valence-electron chi connectivity index (χ4n) is 3.51. The van der Waals surface area contributed by atoms with E-state index < -0.39 is 11.8 Å². The predicted molar refractivity (Wildman–Crippen MR) is 102 cm³/mol. The van der Waals surface area contributed by atoms with Gasteiger partial charge in [0.05, 0.1) is 5.69 Å². The Balaban J connectivity index is 1.69. The minimum absolute atomic E-state index is 0.0336. The number of fused-ring (bicyclic) bond motifs is 1. The van der Waals surface area contributed by atoms with Crippen molar-refractivity contribution >= 4 is 40.7 Å². The van der Waals surface area contributed by atoms with E-state index in [0.717, 1.165) is 16.9 Å². The van der Waals surface area contributed by atoms with Crippen LogP contribution in [0.2, 0.25) is 5.02 Å². The molecular weight excluding hydrogens is 371 g/mol. The van der Waals surface area contributed by atoms with Gasteiger partial charge >= 0.3 is 0 Å². The SMILES string of the molecule is Cc1c(Cl)cccc1N1C(=O)C(Cl)=C(N2CCc3ccccc3C2)C1=O. The molecule has 0 bridgehead atoms. The minimum Gasteiger partial charge on any atom is -0.361 e. The molecule has 2 aromatic rings. The van der Waals surface area contributed by atoms with Crippen molar-refractivity contribution in [1.82, 2.24) is 4.90 Å². The quantitative estimate of drug-likeness (QED) is 0.731. The van der Waals surface area contributed by atoms with Crippen molar-refractivity contribution in [2.24, 2.45) is 0 Å². The zero-order valence-corrected chi connectivity index (χ0v) is 15.6. The van der Waals surface area contributed by atoms with Crippen molar-refractivity contribution in [1.29, 1.82) is 0 Å². The number of halogens is 2. The van der Waals surface area contributed by atoms with Crippen LogP contribution in [-0.4, -0.2) is 23.3 Å². The van der Waals surface area contributed by atoms with E-state index in [4.69, 9.17) is 23.2 Å². The van der Waals surface area contributed by atoms with Gasteiger partial charge in [-0.2, -0.15) is 0 Å². The number of amides is 2. The molecular formula is C20H16Cl2N2O2. The summed E-state index contributed by atoms with van der Waals surface area (Å²) in [4.78, 5) is 28.8. The molecule has 0 unspecified atom stereocenters. The lowest BCUT2D eigenvalue weighted by Gasteiger charge is -2.31. The van der Waals surface area contributed by atoms with E-state index in [-0.39, 0.29) is 10.7 Å². The van der Waals surface area contributed by atoms with Crippen LogP contribution in [-0.2, 0) is 22.6 Å². The smallest absolute Gasteiger partial charge is 0.283 e. The van der Waals surface area contributed by atoms with Crippen LogP contribution in [0.15, 0.2) is 53.2 Å². The number of imide groups is 1. The molecule has 0 aromatic heterocycles. The Morgan fingerprint density at radius 1 is 0.923 bits per heavy atom. The molecule has 0 N–H and O–H groups in total. The highest BCUT2D eigenvalue weighted by molar-refractivity contribution is 6.52. The number of nitrogens with zero attached hydrogens (tertiary/aromatic N) is 2. The van der Waals surface area contributed by atoms with Crippen molar-refractivity contribution in [3.63, 3.8) is 0 Å². The molecule has 4 nitrogen and oxygen atoms in total. The van der Waals surface area contributed by atoms with E-state index >= 15 is 0 Å². The third kappa shape index (κ3) is 2.61. The summed E-state index contributed by atoms with van der Waals surface area (Å²) in [5.41, 5.74) is 3.82. The van der Waals surface area contributed by atoms with Gasteiger partial charge in [-0.3, -0.25) is 9.59 Å². The van der Waals surface area contributed by atoms with Crippen LogP contribution in [0.25, 0.3) is 0 Å². The number of benzene rings is 2. The number of anilines is 1. The van der Waals surface area contributed by atoms with E-state index in [1.54, 1.807) is 25.1 Å². The molecule has 132 valence electrons. The van der Waals surface area contributed by atoms with Gasteiger partial charge in [0.15, 0.2) is 0 Å². The number of rotatable bonds is 2. The van der Waals surface area contributed by atoms with Gasteiger partial charge in [0, 0.05) is 18.1 Å². The van der Waals surface area contributed by atoms with Gasteiger partial charge in [-0.25, -0.2) is 4.90 Å². The molecule has 0 atom stereocenters. The lowest BCUT2D eigenvalue weighted by atomic mass is 9.99. The third-order valence-corrected chi connectivity index (χ3v) is 5.68. The average Bonchev–Trinajstić information content (AvgIpc) is 2.86. The van der Waals surface area contributed by atoms with Gasteiger partial charge in [0.25, 0.3) is 11.8 Å². The molecule has 0 radical (unpaired) electrons. The topological polar surface area (TPSA) is 40.6 Å². The zero-order chi connectivity index (χ0) is 18.4. The Morgan fingerprint density at radius 3 is 2.42 bits per heavy atom. The summed E-state index contributed by atoms with van der Waals surface area (Å²) in [7, 11) is 0. The average molecular weight is 387 g/mol. The Morgan fingerprint density at radius 2 is 1.65 bits per heavy atom. The van der Waals surface area contributed by atoms with Gasteiger partial charge in [-0.05, 0) is 42.2 Å². The maximum atomic E-state index is 13.1. The van der Waals surface area contributed by atoms with Crippen LogP contribution in [0.5, 0.6) is 0 Å². The summed E-state index contributed by atoms with van der Waals surface area (Å²) in [6, 6.07) is 13.3. The first kappa shape index (κ1) is 17.1. The van der Waals surface area contributed by atoms with Gasteiger partial charge in [0.2, 0.25) is 0 Å². The molecule has 0 aliphatic carbocycles. The van der Waals surface area contributed by atoms with Crippen molar-refractivity contribution < 1.29 is 9.59 Å². The maximum Gasteiger partial charge on any atom is 0.283 e. The minimum atomic E-state index is -0.504. The molecule has 2 aliphatic heterocycles. The normalized spacial score (nSPS) is 17.2. The molecule has 0 saturated heterocycles. The van der Waals surface area contributed by atoms with Crippen LogP contribution < -0.4 is 4.90 Å². The van der Waals surface area contributed by atoms with Crippen LogP contribution in [0.1, 0.15) is 16.7 Å². The van der Waals surface area contributed by atoms with Crippen LogP contribution in [0, 0.1) is 6.92 Å². The Hall–Kier alpha value is -2.30. The maximum absolute atomic E-state index is 13.1. The highest BCUT2D eigenvalue weighted by Crippen LogP contribution is 2.36. The third-order valence-electron chi connectivity index (χ3n) is 4.93. The van der Waals surface area contributed by atoms with Crippen LogP contribution in [0.3, 0.4) is 0 Å². The highest BCUT2D eigenvalue weighted by Gasteiger charge is 2.42. The van der Waals surface area contributed by atoms with Crippen molar-refractivity contribution in [2.75, 3.05) is 11.4 Å². The van der Waals surface area contributed by atoms with E-state index in [1.807, 2.05) is 23.1 Å². The molecule has 2 heterocycles. The van der Waals surface area contributed by atoms with Crippen molar-refractivity contribution in [2.45, 2.75) is 19.9 Å². The molecule has 2 aliphatic rings. The molecule has 6 heteroatoms. The van der Waals surface area contributed by atoms with Crippen LogP contribution >= 0.6 is 23.2 Å². The second-order valence-electron chi connectivity index (χ2n) is 6.43. The first-order valence-corrected chi connectivity index (χ1v) is 9.10. The lowest BCUT2D eigenvalue weighted by molar-refractivity contribution is -0.121. The van der Waals surface area contributed by atoms with Gasteiger partial charge < -0.3 is 4.90 Å². The van der Waals surface area contributed by atoms with Crippen molar-refractivity contribution in [3.05, 3.63) is 74.9 Å². The number of hydrogen-bond donors (Lipinski definition) is 0. The Kier molecular flexibility index (Phi) is 4.25. The molecule has 26 heavy (non-hydrogen) atoms. The van der Waals surface area contributed by atoms with Crippen LogP contribution in [0.4, 0.5) is 5.69 Å². The molecule has 2 aromatic carbocycles. The van der Waals surface area contributed by atoms with Gasteiger partial charge in [0.1, 0.15) is 10.7 Å².